The Bertz CT molecular complexity index is 843. The molecule has 0 spiro atoms. The zero-order chi connectivity index (χ0) is 20.5. The van der Waals surface area contributed by atoms with E-state index in [0.29, 0.717) is 49.0 Å². The van der Waals surface area contributed by atoms with E-state index in [4.69, 9.17) is 4.52 Å². The first-order valence-electron chi connectivity index (χ1n) is 9.11. The summed E-state index contributed by atoms with van der Waals surface area (Å²) in [6.45, 7) is 6.37. The van der Waals surface area contributed by atoms with Gasteiger partial charge in [-0.1, -0.05) is 5.16 Å². The number of rotatable bonds is 5. The van der Waals surface area contributed by atoms with Gasteiger partial charge in [0.1, 0.15) is 11.8 Å². The van der Waals surface area contributed by atoms with Crippen molar-refractivity contribution in [2.24, 2.45) is 0 Å². The molecule has 162 valence electrons. The number of nitrogens with zero attached hydrogens (tertiary/aromatic N) is 3. The first-order valence-corrected chi connectivity index (χ1v) is 9.11. The lowest BCUT2D eigenvalue weighted by atomic mass is 10.2. The highest BCUT2D eigenvalue weighted by Gasteiger charge is 2.43. The van der Waals surface area contributed by atoms with Gasteiger partial charge in [-0.2, -0.15) is 13.2 Å². The summed E-state index contributed by atoms with van der Waals surface area (Å²) < 4.78 is 47.3. The third-order valence-corrected chi connectivity index (χ3v) is 4.95. The van der Waals surface area contributed by atoms with E-state index in [1.54, 1.807) is 37.5 Å². The molecule has 0 aliphatic carbocycles. The molecule has 2 aromatic rings. The van der Waals surface area contributed by atoms with Crippen LogP contribution in [0, 0.1) is 20.8 Å². The summed E-state index contributed by atoms with van der Waals surface area (Å²) in [6.07, 6.45) is -4.42. The van der Waals surface area contributed by atoms with Crippen molar-refractivity contribution in [2.45, 2.75) is 33.0 Å². The summed E-state index contributed by atoms with van der Waals surface area (Å²) in [6, 6.07) is 1.66. The molecule has 1 aliphatic rings. The van der Waals surface area contributed by atoms with Gasteiger partial charge in [0.15, 0.2) is 5.82 Å². The Morgan fingerprint density at radius 1 is 1.28 bits per heavy atom. The van der Waals surface area contributed by atoms with Gasteiger partial charge in [0, 0.05) is 50.2 Å². The molecule has 1 amide bonds. The molecule has 0 radical (unpaired) electrons. The number of aryl methyl sites for hydroxylation is 2. The molecule has 11 heteroatoms. The molecule has 1 aliphatic heterocycles. The standard InChI is InChI=1S/C18H24F3N5O2.ClH/c1-11-8-14(13(3)26(11)16-9-12(2)28-24-16)17(27)23-10-15(18(19,20)21)25-6-4-22-5-7-25;/h8-9,15,22H,4-7,10H2,1-3H3,(H,23,27);1H. The highest BCUT2D eigenvalue weighted by molar-refractivity contribution is 5.95. The van der Waals surface area contributed by atoms with E-state index in [1.807, 2.05) is 0 Å². The predicted molar refractivity (Wildman–Crippen MR) is 104 cm³/mol. The lowest BCUT2D eigenvalue weighted by molar-refractivity contribution is -0.183. The molecule has 3 heterocycles. The van der Waals surface area contributed by atoms with E-state index in [9.17, 15) is 18.0 Å². The van der Waals surface area contributed by atoms with Crippen LogP contribution in [0.4, 0.5) is 13.2 Å². The number of aromatic nitrogens is 2. The second-order valence-electron chi connectivity index (χ2n) is 6.97. The van der Waals surface area contributed by atoms with Crippen molar-refractivity contribution in [2.75, 3.05) is 32.7 Å². The van der Waals surface area contributed by atoms with Crippen LogP contribution in [-0.4, -0.2) is 65.5 Å². The number of hydrogen-bond donors (Lipinski definition) is 2. The molecule has 0 bridgehead atoms. The molecule has 1 saturated heterocycles. The molecule has 3 rings (SSSR count). The van der Waals surface area contributed by atoms with Crippen molar-refractivity contribution >= 4 is 18.3 Å². The topological polar surface area (TPSA) is 75.3 Å². The highest BCUT2D eigenvalue weighted by atomic mass is 35.5. The van der Waals surface area contributed by atoms with E-state index in [-0.39, 0.29) is 12.4 Å². The lowest BCUT2D eigenvalue weighted by Crippen LogP contribution is -2.57. The SMILES string of the molecule is Cc1cc(-n2c(C)cc(C(=O)NCC(N3CCNCC3)C(F)(F)F)c2C)no1.Cl. The Labute approximate surface area is 173 Å². The maximum atomic E-state index is 13.5. The van der Waals surface area contributed by atoms with E-state index in [2.05, 4.69) is 15.8 Å². The Morgan fingerprint density at radius 3 is 2.48 bits per heavy atom. The van der Waals surface area contributed by atoms with Gasteiger partial charge >= 0.3 is 6.18 Å². The molecule has 1 atom stereocenters. The van der Waals surface area contributed by atoms with Crippen molar-refractivity contribution in [1.82, 2.24) is 25.3 Å². The summed E-state index contributed by atoms with van der Waals surface area (Å²) in [5.74, 6) is 0.613. The molecule has 0 aromatic carbocycles. The van der Waals surface area contributed by atoms with Gasteiger partial charge in [-0.15, -0.1) is 12.4 Å². The number of carbonyl (C=O) groups excluding carboxylic acids is 1. The Balaban J connectivity index is 0.00000300. The molecule has 2 aromatic heterocycles. The minimum atomic E-state index is -4.42. The summed E-state index contributed by atoms with van der Waals surface area (Å²) in [5, 5.41) is 9.44. The van der Waals surface area contributed by atoms with Crippen LogP contribution < -0.4 is 10.6 Å². The minimum Gasteiger partial charge on any atom is -0.360 e. The van der Waals surface area contributed by atoms with Gasteiger partial charge in [0.05, 0.1) is 5.56 Å². The second kappa shape index (κ2) is 9.19. The predicted octanol–water partition coefficient (Wildman–Crippen LogP) is 2.38. The Kier molecular flexibility index (Phi) is 7.36. The average Bonchev–Trinajstić information content (AvgIpc) is 3.17. The van der Waals surface area contributed by atoms with Crippen molar-refractivity contribution in [3.63, 3.8) is 0 Å². The van der Waals surface area contributed by atoms with Crippen molar-refractivity contribution in [3.05, 3.63) is 34.8 Å². The van der Waals surface area contributed by atoms with Crippen LogP contribution in [0.25, 0.3) is 5.82 Å². The highest BCUT2D eigenvalue weighted by Crippen LogP contribution is 2.25. The van der Waals surface area contributed by atoms with Crippen LogP contribution in [0.3, 0.4) is 0 Å². The van der Waals surface area contributed by atoms with Gasteiger partial charge in [-0.3, -0.25) is 14.3 Å². The third-order valence-electron chi connectivity index (χ3n) is 4.95. The Morgan fingerprint density at radius 2 is 1.93 bits per heavy atom. The molecule has 1 unspecified atom stereocenters. The van der Waals surface area contributed by atoms with E-state index < -0.39 is 24.7 Å². The molecular weight excluding hydrogens is 411 g/mol. The van der Waals surface area contributed by atoms with Crippen LogP contribution in [-0.2, 0) is 0 Å². The average molecular weight is 436 g/mol. The zero-order valence-corrected chi connectivity index (χ0v) is 17.3. The van der Waals surface area contributed by atoms with Gasteiger partial charge in [-0.25, -0.2) is 0 Å². The molecular formula is C18H25ClF3N5O2. The van der Waals surface area contributed by atoms with Gasteiger partial charge in [0.25, 0.3) is 5.91 Å². The fourth-order valence-corrected chi connectivity index (χ4v) is 3.53. The largest absolute Gasteiger partial charge is 0.405 e. The molecule has 29 heavy (non-hydrogen) atoms. The molecule has 7 nitrogen and oxygen atoms in total. The lowest BCUT2D eigenvalue weighted by Gasteiger charge is -2.35. The van der Waals surface area contributed by atoms with Crippen LogP contribution in [0.5, 0.6) is 0 Å². The fourth-order valence-electron chi connectivity index (χ4n) is 3.53. The van der Waals surface area contributed by atoms with E-state index in [0.717, 1.165) is 5.69 Å². The number of halogens is 4. The van der Waals surface area contributed by atoms with Crippen molar-refractivity contribution in [3.8, 4) is 5.82 Å². The summed E-state index contributed by atoms with van der Waals surface area (Å²) >= 11 is 0. The van der Waals surface area contributed by atoms with E-state index >= 15 is 0 Å². The van der Waals surface area contributed by atoms with Gasteiger partial charge < -0.3 is 15.2 Å². The van der Waals surface area contributed by atoms with Gasteiger partial charge in [-0.05, 0) is 26.8 Å². The van der Waals surface area contributed by atoms with E-state index in [1.165, 1.54) is 4.90 Å². The van der Waals surface area contributed by atoms with Crippen molar-refractivity contribution < 1.29 is 22.5 Å². The third kappa shape index (κ3) is 5.12. The Hall–Kier alpha value is -2.04. The second-order valence-corrected chi connectivity index (χ2v) is 6.97. The fraction of sp³-hybridized carbons (Fsp3) is 0.556. The zero-order valence-electron chi connectivity index (χ0n) is 16.5. The maximum Gasteiger partial charge on any atom is 0.405 e. The number of amides is 1. The monoisotopic (exact) mass is 435 g/mol. The van der Waals surface area contributed by atoms with Crippen LogP contribution >= 0.6 is 12.4 Å². The first kappa shape index (κ1) is 23.2. The van der Waals surface area contributed by atoms with Crippen LogP contribution in [0.2, 0.25) is 0 Å². The maximum absolute atomic E-state index is 13.5. The summed E-state index contributed by atoms with van der Waals surface area (Å²) in [7, 11) is 0. The quantitative estimate of drug-likeness (QED) is 0.754. The number of nitrogens with one attached hydrogen (secondary N) is 2. The summed E-state index contributed by atoms with van der Waals surface area (Å²) in [5.41, 5.74) is 1.65. The smallest absolute Gasteiger partial charge is 0.360 e. The van der Waals surface area contributed by atoms with Crippen LogP contribution in [0.15, 0.2) is 16.7 Å². The molecule has 0 saturated carbocycles. The number of alkyl halides is 3. The summed E-state index contributed by atoms with van der Waals surface area (Å²) in [4.78, 5) is 14.0. The number of piperazine rings is 1. The number of hydrogen-bond acceptors (Lipinski definition) is 5. The van der Waals surface area contributed by atoms with Crippen LogP contribution in [0.1, 0.15) is 27.5 Å². The van der Waals surface area contributed by atoms with Crippen molar-refractivity contribution in [1.29, 1.82) is 0 Å². The minimum absolute atomic E-state index is 0. The first-order chi connectivity index (χ1) is 13.2. The molecule has 1 fully saturated rings. The van der Waals surface area contributed by atoms with Gasteiger partial charge in [0.2, 0.25) is 0 Å². The molecule has 2 N–H and O–H groups in total. The normalized spacial score (nSPS) is 16.3. The number of carbonyl (C=O) groups is 1.